The van der Waals surface area contributed by atoms with Gasteiger partial charge in [0, 0.05) is 11.3 Å². The molecule has 0 saturated carbocycles. The molecule has 1 fully saturated rings. The lowest BCUT2D eigenvalue weighted by Crippen LogP contribution is -2.32. The van der Waals surface area contributed by atoms with E-state index in [0.29, 0.717) is 11.3 Å². The second-order valence-electron chi connectivity index (χ2n) is 5.35. The molecule has 0 amide bonds. The number of thioether (sulfide) groups is 1. The minimum atomic E-state index is -0.0818. The van der Waals surface area contributed by atoms with E-state index in [2.05, 4.69) is 18.3 Å². The molecule has 1 aromatic rings. The van der Waals surface area contributed by atoms with E-state index in [4.69, 9.17) is 0 Å². The van der Waals surface area contributed by atoms with Crippen LogP contribution in [0.3, 0.4) is 0 Å². The van der Waals surface area contributed by atoms with Crippen LogP contribution in [-0.4, -0.2) is 17.5 Å². The van der Waals surface area contributed by atoms with E-state index in [9.17, 15) is 4.39 Å². The summed E-state index contributed by atoms with van der Waals surface area (Å²) < 4.78 is 13.8. The molecule has 0 aliphatic carbocycles. The maximum atomic E-state index is 13.8. The summed E-state index contributed by atoms with van der Waals surface area (Å²) >= 11 is 2.04. The van der Waals surface area contributed by atoms with Gasteiger partial charge in [-0.25, -0.2) is 4.39 Å². The minimum absolute atomic E-state index is 0.0818. The number of nitrogens with one attached hydrogen (secondary N) is 1. The van der Waals surface area contributed by atoms with Crippen molar-refractivity contribution in [2.45, 2.75) is 50.8 Å². The Kier molecular flexibility index (Phi) is 5.71. The Morgan fingerprint density at radius 1 is 1.42 bits per heavy atom. The summed E-state index contributed by atoms with van der Waals surface area (Å²) in [7, 11) is 0. The number of aryl methyl sites for hydroxylation is 1. The highest BCUT2D eigenvalue weighted by molar-refractivity contribution is 8.00. The van der Waals surface area contributed by atoms with E-state index in [1.165, 1.54) is 25.0 Å². The fourth-order valence-corrected chi connectivity index (χ4v) is 4.05. The molecule has 1 aliphatic rings. The van der Waals surface area contributed by atoms with Gasteiger partial charge in [0.1, 0.15) is 5.82 Å². The Labute approximate surface area is 120 Å². The maximum absolute atomic E-state index is 13.8. The normalized spacial score (nSPS) is 21.3. The molecule has 1 N–H and O–H groups in total. The van der Waals surface area contributed by atoms with Crippen molar-refractivity contribution < 1.29 is 4.39 Å². The lowest BCUT2D eigenvalue weighted by molar-refractivity contribution is 0.476. The number of hydrogen-bond donors (Lipinski definition) is 1. The van der Waals surface area contributed by atoms with Crippen LogP contribution in [0.1, 0.15) is 49.8 Å². The smallest absolute Gasteiger partial charge is 0.126 e. The largest absolute Gasteiger partial charge is 0.309 e. The Bertz CT molecular complexity index is 402. The standard InChI is InChI=1S/C16H24FNS/c1-3-9-18-16(15-6-4-5-10-19-15)13-8-7-12(2)14(17)11-13/h7-8,11,15-16,18H,3-6,9-10H2,1-2H3. The first-order valence-electron chi connectivity index (χ1n) is 7.33. The van der Waals surface area contributed by atoms with E-state index in [1.807, 2.05) is 24.8 Å². The zero-order valence-corrected chi connectivity index (χ0v) is 12.7. The highest BCUT2D eigenvalue weighted by Gasteiger charge is 2.25. The van der Waals surface area contributed by atoms with Crippen LogP contribution in [0, 0.1) is 12.7 Å². The molecule has 0 aromatic heterocycles. The third kappa shape index (κ3) is 3.96. The van der Waals surface area contributed by atoms with Crippen molar-refractivity contribution in [1.29, 1.82) is 0 Å². The minimum Gasteiger partial charge on any atom is -0.309 e. The molecule has 2 atom stereocenters. The predicted molar refractivity (Wildman–Crippen MR) is 82.3 cm³/mol. The van der Waals surface area contributed by atoms with Crippen molar-refractivity contribution in [3.05, 3.63) is 35.1 Å². The number of rotatable bonds is 5. The molecule has 2 unspecified atom stereocenters. The number of benzene rings is 1. The fourth-order valence-electron chi connectivity index (χ4n) is 2.59. The number of halogens is 1. The molecule has 1 saturated heterocycles. The molecule has 0 spiro atoms. The average Bonchev–Trinajstić information content (AvgIpc) is 2.44. The van der Waals surface area contributed by atoms with Crippen LogP contribution < -0.4 is 5.32 Å². The van der Waals surface area contributed by atoms with E-state index in [0.717, 1.165) is 24.1 Å². The van der Waals surface area contributed by atoms with Crippen molar-refractivity contribution in [3.8, 4) is 0 Å². The van der Waals surface area contributed by atoms with Gasteiger partial charge >= 0.3 is 0 Å². The Morgan fingerprint density at radius 3 is 2.89 bits per heavy atom. The van der Waals surface area contributed by atoms with E-state index in [-0.39, 0.29) is 5.82 Å². The van der Waals surface area contributed by atoms with Gasteiger partial charge in [-0.3, -0.25) is 0 Å². The molecule has 1 aromatic carbocycles. The van der Waals surface area contributed by atoms with Gasteiger partial charge in [-0.15, -0.1) is 0 Å². The molecule has 1 heterocycles. The SMILES string of the molecule is CCCNC(c1ccc(C)c(F)c1)C1CCCCS1. The van der Waals surface area contributed by atoms with E-state index in [1.54, 1.807) is 6.07 Å². The van der Waals surface area contributed by atoms with Crippen molar-refractivity contribution in [1.82, 2.24) is 5.32 Å². The van der Waals surface area contributed by atoms with Crippen LogP contribution in [0.15, 0.2) is 18.2 Å². The van der Waals surface area contributed by atoms with Gasteiger partial charge in [-0.1, -0.05) is 25.5 Å². The molecule has 0 radical (unpaired) electrons. The van der Waals surface area contributed by atoms with E-state index < -0.39 is 0 Å². The van der Waals surface area contributed by atoms with Gasteiger partial charge in [0.15, 0.2) is 0 Å². The van der Waals surface area contributed by atoms with Crippen LogP contribution in [0.4, 0.5) is 4.39 Å². The van der Waals surface area contributed by atoms with Crippen molar-refractivity contribution in [3.63, 3.8) is 0 Å². The molecule has 19 heavy (non-hydrogen) atoms. The summed E-state index contributed by atoms with van der Waals surface area (Å²) in [5.74, 6) is 1.16. The van der Waals surface area contributed by atoms with Crippen LogP contribution >= 0.6 is 11.8 Å². The lowest BCUT2D eigenvalue weighted by Gasteiger charge is -2.31. The quantitative estimate of drug-likeness (QED) is 0.855. The molecule has 2 rings (SSSR count). The molecular formula is C16H24FNS. The average molecular weight is 281 g/mol. The summed E-state index contributed by atoms with van der Waals surface area (Å²) in [6.07, 6.45) is 4.98. The first-order chi connectivity index (χ1) is 9.22. The Hall–Kier alpha value is -0.540. The fraction of sp³-hybridized carbons (Fsp3) is 0.625. The summed E-state index contributed by atoms with van der Waals surface area (Å²) in [6.45, 7) is 4.99. The lowest BCUT2D eigenvalue weighted by atomic mass is 9.98. The van der Waals surface area contributed by atoms with Gasteiger partial charge < -0.3 is 5.32 Å². The van der Waals surface area contributed by atoms with Gasteiger partial charge in [0.05, 0.1) is 0 Å². The van der Waals surface area contributed by atoms with Crippen molar-refractivity contribution in [2.24, 2.45) is 0 Å². The molecule has 0 bridgehead atoms. The zero-order valence-electron chi connectivity index (χ0n) is 11.9. The van der Waals surface area contributed by atoms with Crippen molar-refractivity contribution >= 4 is 11.8 Å². The van der Waals surface area contributed by atoms with Crippen LogP contribution in [-0.2, 0) is 0 Å². The molecule has 106 valence electrons. The maximum Gasteiger partial charge on any atom is 0.126 e. The molecule has 1 aliphatic heterocycles. The second-order valence-corrected chi connectivity index (χ2v) is 6.69. The highest BCUT2D eigenvalue weighted by Crippen LogP contribution is 2.35. The summed E-state index contributed by atoms with van der Waals surface area (Å²) in [4.78, 5) is 0. The van der Waals surface area contributed by atoms with Gasteiger partial charge in [0.2, 0.25) is 0 Å². The van der Waals surface area contributed by atoms with Crippen LogP contribution in [0.2, 0.25) is 0 Å². The number of hydrogen-bond acceptors (Lipinski definition) is 2. The third-order valence-electron chi connectivity index (χ3n) is 3.76. The summed E-state index contributed by atoms with van der Waals surface area (Å²) in [5, 5.41) is 4.20. The first-order valence-corrected chi connectivity index (χ1v) is 8.38. The summed E-state index contributed by atoms with van der Waals surface area (Å²) in [6, 6.07) is 6.00. The molecule has 3 heteroatoms. The highest BCUT2D eigenvalue weighted by atomic mass is 32.2. The predicted octanol–water partition coefficient (Wildman–Crippen LogP) is 4.46. The Balaban J connectivity index is 2.17. The van der Waals surface area contributed by atoms with Crippen LogP contribution in [0.5, 0.6) is 0 Å². The van der Waals surface area contributed by atoms with Crippen LogP contribution in [0.25, 0.3) is 0 Å². The third-order valence-corrected chi connectivity index (χ3v) is 5.22. The summed E-state index contributed by atoms with van der Waals surface area (Å²) in [5.41, 5.74) is 1.84. The topological polar surface area (TPSA) is 12.0 Å². The second kappa shape index (κ2) is 7.30. The van der Waals surface area contributed by atoms with E-state index >= 15 is 0 Å². The Morgan fingerprint density at radius 2 is 2.26 bits per heavy atom. The van der Waals surface area contributed by atoms with Gasteiger partial charge in [-0.05, 0) is 55.7 Å². The first kappa shape index (κ1) is 14.9. The zero-order chi connectivity index (χ0) is 13.7. The molecular weight excluding hydrogens is 257 g/mol. The van der Waals surface area contributed by atoms with Gasteiger partial charge in [0.25, 0.3) is 0 Å². The van der Waals surface area contributed by atoms with Gasteiger partial charge in [-0.2, -0.15) is 11.8 Å². The molecule has 1 nitrogen and oxygen atoms in total. The monoisotopic (exact) mass is 281 g/mol. The van der Waals surface area contributed by atoms with Crippen molar-refractivity contribution in [2.75, 3.05) is 12.3 Å².